The lowest BCUT2D eigenvalue weighted by Gasteiger charge is -2.10. The van der Waals surface area contributed by atoms with Gasteiger partial charge in [0, 0.05) is 6.04 Å². The van der Waals surface area contributed by atoms with E-state index in [-0.39, 0.29) is 22.3 Å². The van der Waals surface area contributed by atoms with Gasteiger partial charge >= 0.3 is 5.97 Å². The molecule has 0 spiro atoms. The molecule has 3 N–H and O–H groups in total. The maximum absolute atomic E-state index is 12.1. The predicted molar refractivity (Wildman–Crippen MR) is 96.5 cm³/mol. The molecular formula is C17H18N4O5S. The predicted octanol–water partition coefficient (Wildman–Crippen LogP) is 1.07. The van der Waals surface area contributed by atoms with Crippen molar-refractivity contribution < 1.29 is 22.7 Å². The lowest BCUT2D eigenvalue weighted by Crippen LogP contribution is -2.30. The summed E-state index contributed by atoms with van der Waals surface area (Å²) in [5.41, 5.74) is 5.62. The van der Waals surface area contributed by atoms with Gasteiger partial charge in [0.15, 0.2) is 0 Å². The smallest absolute Gasteiger partial charge is 0.356 e. The van der Waals surface area contributed by atoms with Crippen LogP contribution in [0.2, 0.25) is 0 Å². The minimum Gasteiger partial charge on any atom is -0.464 e. The number of methoxy groups -OCH3 is 1. The third kappa shape index (κ3) is 4.80. The molecule has 142 valence electrons. The summed E-state index contributed by atoms with van der Waals surface area (Å²) in [5, 5.41) is 0. The van der Waals surface area contributed by atoms with Gasteiger partial charge in [-0.2, -0.15) is 0 Å². The number of hydrogen-bond acceptors (Lipinski definition) is 7. The van der Waals surface area contributed by atoms with Crippen LogP contribution in [-0.4, -0.2) is 38.4 Å². The van der Waals surface area contributed by atoms with Gasteiger partial charge in [-0.05, 0) is 49.2 Å². The van der Waals surface area contributed by atoms with E-state index in [2.05, 4.69) is 25.3 Å². The molecule has 0 bridgehead atoms. The second kappa shape index (κ2) is 7.72. The molecule has 1 aliphatic carbocycles. The van der Waals surface area contributed by atoms with Gasteiger partial charge in [-0.15, -0.1) is 0 Å². The third-order valence-electron chi connectivity index (χ3n) is 3.76. The number of anilines is 1. The fourth-order valence-corrected chi connectivity index (χ4v) is 3.48. The molecule has 0 saturated heterocycles. The van der Waals surface area contributed by atoms with Gasteiger partial charge in [0.25, 0.3) is 5.91 Å². The largest absolute Gasteiger partial charge is 0.464 e. The molecule has 1 aromatic carbocycles. The molecule has 3 rings (SSSR count). The van der Waals surface area contributed by atoms with E-state index >= 15 is 0 Å². The molecule has 0 unspecified atom stereocenters. The number of pyridine rings is 1. The van der Waals surface area contributed by atoms with E-state index in [0.717, 1.165) is 12.8 Å². The van der Waals surface area contributed by atoms with Gasteiger partial charge in [0.05, 0.1) is 17.7 Å². The Hall–Kier alpha value is -2.98. The highest BCUT2D eigenvalue weighted by atomic mass is 32.2. The number of sulfonamides is 1. The second-order valence-corrected chi connectivity index (χ2v) is 7.61. The molecule has 2 aromatic rings. The number of aromatic nitrogens is 1. The summed E-state index contributed by atoms with van der Waals surface area (Å²) in [6.07, 6.45) is 1.71. The number of carbonyl (C=O) groups is 2. The summed E-state index contributed by atoms with van der Waals surface area (Å²) in [7, 11) is -2.30. The zero-order valence-electron chi connectivity index (χ0n) is 14.4. The molecule has 0 atom stereocenters. The van der Waals surface area contributed by atoms with Crippen molar-refractivity contribution in [3.05, 3.63) is 53.9 Å². The zero-order valence-corrected chi connectivity index (χ0v) is 15.2. The Kier molecular flexibility index (Phi) is 5.38. The lowest BCUT2D eigenvalue weighted by molar-refractivity contribution is 0.0594. The van der Waals surface area contributed by atoms with Crippen LogP contribution in [0.1, 0.15) is 33.8 Å². The molecule has 1 aromatic heterocycles. The van der Waals surface area contributed by atoms with E-state index in [0.29, 0.717) is 5.69 Å². The van der Waals surface area contributed by atoms with Crippen molar-refractivity contribution in [1.82, 2.24) is 15.1 Å². The number of hydrazine groups is 1. The summed E-state index contributed by atoms with van der Waals surface area (Å²) < 4.78 is 31.4. The van der Waals surface area contributed by atoms with Crippen LogP contribution in [0.3, 0.4) is 0 Å². The van der Waals surface area contributed by atoms with Crippen LogP contribution in [0.25, 0.3) is 0 Å². The zero-order chi connectivity index (χ0) is 19.4. The van der Waals surface area contributed by atoms with Crippen LogP contribution >= 0.6 is 0 Å². The molecule has 1 amide bonds. The number of hydrogen-bond donors (Lipinski definition) is 3. The molecule has 1 heterocycles. The van der Waals surface area contributed by atoms with E-state index in [1.807, 2.05) is 0 Å². The van der Waals surface area contributed by atoms with Gasteiger partial charge in [-0.3, -0.25) is 15.6 Å². The highest BCUT2D eigenvalue weighted by Gasteiger charge is 2.27. The van der Waals surface area contributed by atoms with Crippen LogP contribution in [-0.2, 0) is 14.8 Å². The Morgan fingerprint density at radius 1 is 1.07 bits per heavy atom. The summed E-state index contributed by atoms with van der Waals surface area (Å²) >= 11 is 0. The fourth-order valence-electron chi connectivity index (χ4n) is 2.18. The average molecular weight is 390 g/mol. The summed E-state index contributed by atoms with van der Waals surface area (Å²) in [5.74, 6) is -1.21. The minimum atomic E-state index is -3.52. The van der Waals surface area contributed by atoms with Crippen molar-refractivity contribution in [2.75, 3.05) is 12.5 Å². The topological polar surface area (TPSA) is 126 Å². The van der Waals surface area contributed by atoms with Gasteiger partial charge in [-0.1, -0.05) is 6.07 Å². The lowest BCUT2D eigenvalue weighted by atomic mass is 10.3. The van der Waals surface area contributed by atoms with Gasteiger partial charge in [0.2, 0.25) is 10.0 Å². The number of nitrogens with one attached hydrogen (secondary N) is 3. The number of carbonyl (C=O) groups excluding carboxylic acids is 2. The van der Waals surface area contributed by atoms with E-state index < -0.39 is 21.9 Å². The molecule has 1 aliphatic rings. The quantitative estimate of drug-likeness (QED) is 0.477. The van der Waals surface area contributed by atoms with Crippen molar-refractivity contribution in [2.24, 2.45) is 0 Å². The molecule has 1 fully saturated rings. The van der Waals surface area contributed by atoms with Crippen LogP contribution in [0.15, 0.2) is 47.4 Å². The van der Waals surface area contributed by atoms with Crippen LogP contribution < -0.4 is 15.6 Å². The number of esters is 1. The number of nitrogens with zero attached hydrogens (tertiary/aromatic N) is 1. The first-order valence-corrected chi connectivity index (χ1v) is 9.61. The number of benzene rings is 1. The van der Waals surface area contributed by atoms with Crippen molar-refractivity contribution in [3.8, 4) is 0 Å². The number of rotatable bonds is 7. The summed E-state index contributed by atoms with van der Waals surface area (Å²) in [4.78, 5) is 27.7. The first-order valence-electron chi connectivity index (χ1n) is 8.13. The molecule has 10 heteroatoms. The summed E-state index contributed by atoms with van der Waals surface area (Å²) in [6, 6.07) is 10.4. The second-order valence-electron chi connectivity index (χ2n) is 5.90. The third-order valence-corrected chi connectivity index (χ3v) is 5.30. The molecule has 1 saturated carbocycles. The Bertz CT molecular complexity index is 956. The Morgan fingerprint density at radius 3 is 2.37 bits per heavy atom. The summed E-state index contributed by atoms with van der Waals surface area (Å²) in [6.45, 7) is 0. The molecule has 0 radical (unpaired) electrons. The van der Waals surface area contributed by atoms with Crippen LogP contribution in [0.5, 0.6) is 0 Å². The average Bonchev–Trinajstić information content (AvgIpc) is 3.49. The van der Waals surface area contributed by atoms with E-state index in [1.165, 1.54) is 49.6 Å². The van der Waals surface area contributed by atoms with Gasteiger partial charge in [-0.25, -0.2) is 22.9 Å². The van der Waals surface area contributed by atoms with E-state index in [4.69, 9.17) is 0 Å². The van der Waals surface area contributed by atoms with Gasteiger partial charge < -0.3 is 4.74 Å². The van der Waals surface area contributed by atoms with E-state index in [9.17, 15) is 18.0 Å². The molecule has 0 aliphatic heterocycles. The van der Waals surface area contributed by atoms with Crippen molar-refractivity contribution in [3.63, 3.8) is 0 Å². The molecular weight excluding hydrogens is 372 g/mol. The first kappa shape index (κ1) is 18.8. The Morgan fingerprint density at radius 2 is 1.74 bits per heavy atom. The highest BCUT2D eigenvalue weighted by molar-refractivity contribution is 7.89. The number of amides is 1. The Balaban J connectivity index is 1.61. The fraction of sp³-hybridized carbons (Fsp3) is 0.235. The normalized spacial score (nSPS) is 13.7. The van der Waals surface area contributed by atoms with Crippen molar-refractivity contribution in [2.45, 2.75) is 23.8 Å². The standard InChI is InChI=1S/C17H18N4O5S/c1-26-17(23)15-4-2-3-14(18-15)16(22)20-19-11-7-9-13(10-8-11)27(24,25)21-12-5-6-12/h2-4,7-10,12,19,21H,5-6H2,1H3,(H,20,22). The van der Waals surface area contributed by atoms with E-state index in [1.54, 1.807) is 0 Å². The molecule has 27 heavy (non-hydrogen) atoms. The maximum Gasteiger partial charge on any atom is 0.356 e. The molecule has 9 nitrogen and oxygen atoms in total. The van der Waals surface area contributed by atoms with Crippen LogP contribution in [0, 0.1) is 0 Å². The van der Waals surface area contributed by atoms with Crippen molar-refractivity contribution >= 4 is 27.6 Å². The SMILES string of the molecule is COC(=O)c1cccc(C(=O)NNc2ccc(S(=O)(=O)NC3CC3)cc2)n1. The van der Waals surface area contributed by atoms with Crippen LogP contribution in [0.4, 0.5) is 5.69 Å². The number of ether oxygens (including phenoxy) is 1. The monoisotopic (exact) mass is 390 g/mol. The first-order chi connectivity index (χ1) is 12.9. The van der Waals surface area contributed by atoms with Crippen molar-refractivity contribution in [1.29, 1.82) is 0 Å². The van der Waals surface area contributed by atoms with Gasteiger partial charge in [0.1, 0.15) is 11.4 Å². The minimum absolute atomic E-state index is 0.0165. The highest BCUT2D eigenvalue weighted by Crippen LogP contribution is 2.22. The Labute approximate surface area is 156 Å². The maximum atomic E-state index is 12.1.